The zero-order valence-corrected chi connectivity index (χ0v) is 14.5. The topological polar surface area (TPSA) is 46.5 Å². The number of aryl methyl sites for hydroxylation is 1. The lowest BCUT2D eigenvalue weighted by Gasteiger charge is -2.23. The van der Waals surface area contributed by atoms with Crippen molar-refractivity contribution in [3.63, 3.8) is 0 Å². The fourth-order valence-corrected chi connectivity index (χ4v) is 2.98. The Balaban J connectivity index is 1.92. The molecule has 0 saturated heterocycles. The molecule has 0 aliphatic carbocycles. The summed E-state index contributed by atoms with van der Waals surface area (Å²) in [6.45, 7) is 5.66. The lowest BCUT2D eigenvalue weighted by atomic mass is 9.95. The summed E-state index contributed by atoms with van der Waals surface area (Å²) in [5.74, 6) is -2.04. The first-order valence-corrected chi connectivity index (χ1v) is 8.72. The lowest BCUT2D eigenvalue weighted by molar-refractivity contribution is -0.185. The third-order valence-electron chi connectivity index (χ3n) is 4.78. The van der Waals surface area contributed by atoms with Crippen LogP contribution in [0.25, 0.3) is 0 Å². The molecule has 2 rings (SSSR count). The minimum absolute atomic E-state index is 0.443. The first kappa shape index (κ1) is 17.7. The summed E-state index contributed by atoms with van der Waals surface area (Å²) >= 11 is 0. The van der Waals surface area contributed by atoms with Crippen molar-refractivity contribution < 1.29 is 14.6 Å². The zero-order valence-electron chi connectivity index (χ0n) is 14.5. The van der Waals surface area contributed by atoms with Gasteiger partial charge in [-0.05, 0) is 32.3 Å². The Labute approximate surface area is 139 Å². The minimum atomic E-state index is -1.60. The lowest BCUT2D eigenvalue weighted by Crippen LogP contribution is -2.27. The monoisotopic (exact) mass is 316 g/mol. The number of aliphatic hydroxyl groups is 1. The summed E-state index contributed by atoms with van der Waals surface area (Å²) in [5.41, 5.74) is 2.94. The number of hydrogen-bond donors (Lipinski definition) is 1. The third-order valence-corrected chi connectivity index (χ3v) is 4.78. The van der Waals surface area contributed by atoms with Crippen LogP contribution in [0.2, 0.25) is 0 Å². The zero-order chi connectivity index (χ0) is 16.9. The second-order valence-electron chi connectivity index (χ2n) is 6.50. The molecule has 1 aromatic rings. The van der Waals surface area contributed by atoms with Crippen LogP contribution in [-0.4, -0.2) is 11.1 Å². The first-order valence-electron chi connectivity index (χ1n) is 8.72. The van der Waals surface area contributed by atoms with Crippen molar-refractivity contribution in [1.82, 2.24) is 0 Å². The van der Waals surface area contributed by atoms with E-state index in [-0.39, 0.29) is 0 Å². The van der Waals surface area contributed by atoms with E-state index >= 15 is 0 Å². The van der Waals surface area contributed by atoms with Crippen LogP contribution in [0, 0.1) is 0 Å². The van der Waals surface area contributed by atoms with Gasteiger partial charge in [0.2, 0.25) is 0 Å². The number of carbonyl (C=O) groups excluding carboxylic acids is 1. The molecule has 0 spiro atoms. The highest BCUT2D eigenvalue weighted by Gasteiger charge is 2.43. The Morgan fingerprint density at radius 1 is 1.00 bits per heavy atom. The standard InChI is InChI=1S/C20H28O3/c1-4-5-6-7-8-9-10-17-11-13-18(14-12-17)20(22)16(3)15(2)19(21)23-20/h11-14,22H,4-10H2,1-3H3. The van der Waals surface area contributed by atoms with E-state index in [2.05, 4.69) is 6.92 Å². The van der Waals surface area contributed by atoms with Crippen molar-refractivity contribution >= 4 is 5.97 Å². The number of rotatable bonds is 8. The predicted octanol–water partition coefficient (Wildman–Crippen LogP) is 4.63. The fourth-order valence-electron chi connectivity index (χ4n) is 2.98. The largest absolute Gasteiger partial charge is 0.421 e. The highest BCUT2D eigenvalue weighted by Crippen LogP contribution is 2.38. The molecule has 0 amide bonds. The van der Waals surface area contributed by atoms with E-state index in [9.17, 15) is 9.90 Å². The van der Waals surface area contributed by atoms with E-state index in [1.165, 1.54) is 44.1 Å². The minimum Gasteiger partial charge on any atom is -0.421 e. The van der Waals surface area contributed by atoms with E-state index < -0.39 is 11.8 Å². The number of ether oxygens (including phenoxy) is 1. The molecule has 3 heteroatoms. The number of carbonyl (C=O) groups is 1. The highest BCUT2D eigenvalue weighted by molar-refractivity contribution is 5.92. The quantitative estimate of drug-likeness (QED) is 0.562. The Hall–Kier alpha value is -1.61. The molecule has 1 aromatic carbocycles. The molecule has 3 nitrogen and oxygen atoms in total. The maximum atomic E-state index is 11.6. The summed E-state index contributed by atoms with van der Waals surface area (Å²) < 4.78 is 5.18. The molecule has 1 atom stereocenters. The van der Waals surface area contributed by atoms with E-state index in [4.69, 9.17) is 4.74 Å². The summed E-state index contributed by atoms with van der Waals surface area (Å²) in [6, 6.07) is 7.77. The normalized spacial score (nSPS) is 21.0. The molecule has 0 radical (unpaired) electrons. The molecule has 1 aliphatic heterocycles. The van der Waals surface area contributed by atoms with E-state index in [1.807, 2.05) is 24.3 Å². The molecular formula is C20H28O3. The third kappa shape index (κ3) is 4.03. The number of esters is 1. The van der Waals surface area contributed by atoms with Crippen molar-refractivity contribution in [3.05, 3.63) is 46.5 Å². The van der Waals surface area contributed by atoms with Crippen LogP contribution in [0.15, 0.2) is 35.4 Å². The van der Waals surface area contributed by atoms with Gasteiger partial charge in [0, 0.05) is 16.7 Å². The van der Waals surface area contributed by atoms with Gasteiger partial charge in [-0.3, -0.25) is 0 Å². The van der Waals surface area contributed by atoms with Crippen LogP contribution >= 0.6 is 0 Å². The van der Waals surface area contributed by atoms with Gasteiger partial charge in [0.1, 0.15) is 0 Å². The van der Waals surface area contributed by atoms with E-state index in [1.54, 1.807) is 13.8 Å². The van der Waals surface area contributed by atoms with Gasteiger partial charge in [-0.2, -0.15) is 0 Å². The van der Waals surface area contributed by atoms with Gasteiger partial charge in [-0.15, -0.1) is 0 Å². The maximum Gasteiger partial charge on any atom is 0.336 e. The smallest absolute Gasteiger partial charge is 0.336 e. The molecular weight excluding hydrogens is 288 g/mol. The molecule has 0 aromatic heterocycles. The van der Waals surface area contributed by atoms with Gasteiger partial charge in [0.05, 0.1) is 0 Å². The Bertz CT molecular complexity index is 571. The average molecular weight is 316 g/mol. The summed E-state index contributed by atoms with van der Waals surface area (Å²) in [6.07, 6.45) is 8.77. The number of cyclic esters (lactones) is 1. The van der Waals surface area contributed by atoms with Crippen LogP contribution in [-0.2, 0) is 21.7 Å². The number of benzene rings is 1. The van der Waals surface area contributed by atoms with Gasteiger partial charge in [0.25, 0.3) is 5.79 Å². The number of hydrogen-bond acceptors (Lipinski definition) is 3. The van der Waals surface area contributed by atoms with E-state index in [0.717, 1.165) is 6.42 Å². The molecule has 0 fully saturated rings. The SMILES string of the molecule is CCCCCCCCc1ccc(C2(O)OC(=O)C(C)=C2C)cc1. The fraction of sp³-hybridized carbons (Fsp3) is 0.550. The van der Waals surface area contributed by atoms with Crippen LogP contribution in [0.4, 0.5) is 0 Å². The molecule has 1 aliphatic rings. The second-order valence-corrected chi connectivity index (χ2v) is 6.50. The van der Waals surface area contributed by atoms with Crippen molar-refractivity contribution in [3.8, 4) is 0 Å². The van der Waals surface area contributed by atoms with E-state index in [0.29, 0.717) is 16.7 Å². The van der Waals surface area contributed by atoms with Gasteiger partial charge < -0.3 is 9.84 Å². The molecule has 23 heavy (non-hydrogen) atoms. The predicted molar refractivity (Wildman–Crippen MR) is 91.9 cm³/mol. The Morgan fingerprint density at radius 2 is 1.61 bits per heavy atom. The van der Waals surface area contributed by atoms with Gasteiger partial charge in [-0.1, -0.05) is 63.3 Å². The molecule has 1 unspecified atom stereocenters. The van der Waals surface area contributed by atoms with Crippen molar-refractivity contribution in [1.29, 1.82) is 0 Å². The van der Waals surface area contributed by atoms with Crippen molar-refractivity contribution in [2.24, 2.45) is 0 Å². The van der Waals surface area contributed by atoms with Crippen LogP contribution in [0.3, 0.4) is 0 Å². The van der Waals surface area contributed by atoms with Crippen molar-refractivity contribution in [2.75, 3.05) is 0 Å². The average Bonchev–Trinajstić information content (AvgIpc) is 2.75. The van der Waals surface area contributed by atoms with Gasteiger partial charge in [-0.25, -0.2) is 4.79 Å². The maximum absolute atomic E-state index is 11.6. The van der Waals surface area contributed by atoms with Crippen LogP contribution in [0.5, 0.6) is 0 Å². The summed E-state index contributed by atoms with van der Waals surface area (Å²) in [4.78, 5) is 11.6. The molecule has 126 valence electrons. The Kier molecular flexibility index (Phi) is 6.00. The van der Waals surface area contributed by atoms with Gasteiger partial charge >= 0.3 is 5.97 Å². The van der Waals surface area contributed by atoms with Gasteiger partial charge in [0.15, 0.2) is 0 Å². The molecule has 0 saturated carbocycles. The summed E-state index contributed by atoms with van der Waals surface area (Å²) in [5, 5.41) is 10.7. The Morgan fingerprint density at radius 3 is 2.17 bits per heavy atom. The molecule has 0 bridgehead atoms. The van der Waals surface area contributed by atoms with Crippen LogP contribution in [0.1, 0.15) is 70.4 Å². The number of unbranched alkanes of at least 4 members (excludes halogenated alkanes) is 5. The highest BCUT2D eigenvalue weighted by atomic mass is 16.7. The second kappa shape index (κ2) is 7.78. The van der Waals surface area contributed by atoms with Crippen LogP contribution < -0.4 is 0 Å². The molecule has 1 N–H and O–H groups in total. The molecule has 1 heterocycles. The summed E-state index contributed by atoms with van der Waals surface area (Å²) in [7, 11) is 0. The van der Waals surface area contributed by atoms with Crippen molar-refractivity contribution in [2.45, 2.75) is 71.5 Å². The first-order chi connectivity index (χ1) is 11.0.